The molecule has 0 unspecified atom stereocenters. The van der Waals surface area contributed by atoms with E-state index < -0.39 is 0 Å². The van der Waals surface area contributed by atoms with Gasteiger partial charge in [0, 0.05) is 0 Å². The summed E-state index contributed by atoms with van der Waals surface area (Å²) in [6, 6.07) is 5.98. The molecule has 0 spiro atoms. The number of methoxy groups -OCH3 is 1. The highest BCUT2D eigenvalue weighted by Crippen LogP contribution is 2.49. The Balaban J connectivity index is 2.34. The molecule has 0 atom stereocenters. The first-order valence-corrected chi connectivity index (χ1v) is 5.55. The van der Waals surface area contributed by atoms with Crippen LogP contribution in [0.4, 0.5) is 0 Å². The number of ether oxygens (including phenoxy) is 2. The van der Waals surface area contributed by atoms with Crippen LogP contribution in [0.25, 0.3) is 0 Å². The molecule has 1 aromatic carbocycles. The van der Waals surface area contributed by atoms with Crippen molar-refractivity contribution in [1.82, 2.24) is 0 Å². The van der Waals surface area contributed by atoms with Crippen molar-refractivity contribution in [3.8, 4) is 23.8 Å². The minimum absolute atomic E-state index is 0.0436. The van der Waals surface area contributed by atoms with Crippen LogP contribution in [0.5, 0.6) is 11.5 Å². The van der Waals surface area contributed by atoms with Gasteiger partial charge in [-0.25, -0.2) is 0 Å². The Bertz CT molecular complexity index is 425. The summed E-state index contributed by atoms with van der Waals surface area (Å²) in [5.41, 5.74) is 1.12. The Morgan fingerprint density at radius 2 is 2.12 bits per heavy atom. The van der Waals surface area contributed by atoms with Crippen LogP contribution >= 0.6 is 0 Å². The molecule has 0 amide bonds. The first-order chi connectivity index (χ1) is 7.75. The van der Waals surface area contributed by atoms with E-state index in [1.54, 1.807) is 7.11 Å². The monoisotopic (exact) mass is 216 g/mol. The van der Waals surface area contributed by atoms with Gasteiger partial charge in [0.15, 0.2) is 11.5 Å². The number of rotatable bonds is 4. The third kappa shape index (κ3) is 1.74. The van der Waals surface area contributed by atoms with E-state index in [0.717, 1.165) is 29.9 Å². The summed E-state index contributed by atoms with van der Waals surface area (Å²) >= 11 is 0. The van der Waals surface area contributed by atoms with E-state index in [-0.39, 0.29) is 5.41 Å². The van der Waals surface area contributed by atoms with Crippen LogP contribution in [0.2, 0.25) is 0 Å². The molecule has 84 valence electrons. The van der Waals surface area contributed by atoms with Gasteiger partial charge in [0.05, 0.1) is 19.1 Å². The molecule has 1 saturated carbocycles. The van der Waals surface area contributed by atoms with Crippen LogP contribution in [-0.2, 0) is 5.41 Å². The summed E-state index contributed by atoms with van der Waals surface area (Å²) in [5, 5.41) is 0. The van der Waals surface area contributed by atoms with E-state index in [1.165, 1.54) is 0 Å². The molecule has 0 heterocycles. The number of hydrogen-bond acceptors (Lipinski definition) is 2. The van der Waals surface area contributed by atoms with Gasteiger partial charge >= 0.3 is 0 Å². The van der Waals surface area contributed by atoms with Crippen molar-refractivity contribution in [1.29, 1.82) is 0 Å². The lowest BCUT2D eigenvalue weighted by Gasteiger charge is -2.13. The van der Waals surface area contributed by atoms with Gasteiger partial charge in [0.2, 0.25) is 0 Å². The second-order valence-corrected chi connectivity index (χ2v) is 4.03. The Morgan fingerprint density at radius 1 is 1.38 bits per heavy atom. The smallest absolute Gasteiger partial charge is 0.161 e. The van der Waals surface area contributed by atoms with Gasteiger partial charge < -0.3 is 9.47 Å². The average Bonchev–Trinajstić information content (AvgIpc) is 3.11. The highest BCUT2D eigenvalue weighted by molar-refractivity contribution is 5.50. The zero-order valence-electron chi connectivity index (χ0n) is 9.75. The van der Waals surface area contributed by atoms with Gasteiger partial charge in [-0.05, 0) is 37.5 Å². The van der Waals surface area contributed by atoms with Crippen molar-refractivity contribution in [2.24, 2.45) is 0 Å². The fraction of sp³-hybridized carbons (Fsp3) is 0.429. The molecule has 1 aliphatic carbocycles. The molecule has 1 aliphatic rings. The lowest BCUT2D eigenvalue weighted by molar-refractivity contribution is 0.310. The molecule has 2 heteroatoms. The SMILES string of the molecule is C#CC1(c2ccc(OCC)c(OC)c2)CC1. The molecule has 1 aromatic rings. The van der Waals surface area contributed by atoms with Gasteiger partial charge in [0.1, 0.15) is 0 Å². The largest absolute Gasteiger partial charge is 0.493 e. The zero-order chi connectivity index (χ0) is 11.6. The minimum Gasteiger partial charge on any atom is -0.493 e. The average molecular weight is 216 g/mol. The van der Waals surface area contributed by atoms with Crippen molar-refractivity contribution < 1.29 is 9.47 Å². The maximum absolute atomic E-state index is 5.57. The van der Waals surface area contributed by atoms with Crippen molar-refractivity contribution >= 4 is 0 Å². The summed E-state index contributed by atoms with van der Waals surface area (Å²) in [6.07, 6.45) is 7.71. The normalized spacial score (nSPS) is 16.3. The van der Waals surface area contributed by atoms with Gasteiger partial charge in [0.25, 0.3) is 0 Å². The van der Waals surface area contributed by atoms with E-state index in [1.807, 2.05) is 25.1 Å². The lowest BCUT2D eigenvalue weighted by Crippen LogP contribution is -2.04. The van der Waals surface area contributed by atoms with Crippen LogP contribution in [-0.4, -0.2) is 13.7 Å². The van der Waals surface area contributed by atoms with Gasteiger partial charge in [-0.3, -0.25) is 0 Å². The molecule has 2 rings (SSSR count). The Labute approximate surface area is 96.6 Å². The van der Waals surface area contributed by atoms with Crippen molar-refractivity contribution in [2.45, 2.75) is 25.2 Å². The summed E-state index contributed by atoms with van der Waals surface area (Å²) in [5.74, 6) is 4.42. The third-order valence-electron chi connectivity index (χ3n) is 3.04. The van der Waals surface area contributed by atoms with Crippen LogP contribution in [0.15, 0.2) is 18.2 Å². The predicted molar refractivity (Wildman–Crippen MR) is 63.9 cm³/mol. The summed E-state index contributed by atoms with van der Waals surface area (Å²) in [4.78, 5) is 0. The molecular weight excluding hydrogens is 200 g/mol. The third-order valence-corrected chi connectivity index (χ3v) is 3.04. The van der Waals surface area contributed by atoms with Crippen LogP contribution in [0.1, 0.15) is 25.3 Å². The van der Waals surface area contributed by atoms with Crippen molar-refractivity contribution in [3.63, 3.8) is 0 Å². The van der Waals surface area contributed by atoms with Gasteiger partial charge in [-0.1, -0.05) is 12.0 Å². The molecular formula is C14H16O2. The molecule has 0 aliphatic heterocycles. The molecule has 0 N–H and O–H groups in total. The summed E-state index contributed by atoms with van der Waals surface area (Å²) < 4.78 is 10.8. The van der Waals surface area contributed by atoms with Crippen LogP contribution < -0.4 is 9.47 Å². The zero-order valence-corrected chi connectivity index (χ0v) is 9.75. The molecule has 0 bridgehead atoms. The standard InChI is InChI=1S/C14H16O2/c1-4-14(8-9-14)11-6-7-12(16-5-2)13(10-11)15-3/h1,6-7,10H,5,8-9H2,2-3H3. The first kappa shape index (κ1) is 10.9. The fourth-order valence-electron chi connectivity index (χ4n) is 1.88. The fourth-order valence-corrected chi connectivity index (χ4v) is 1.88. The molecule has 0 aromatic heterocycles. The van der Waals surface area contributed by atoms with Crippen molar-refractivity contribution in [2.75, 3.05) is 13.7 Å². The minimum atomic E-state index is -0.0436. The van der Waals surface area contributed by atoms with E-state index >= 15 is 0 Å². The highest BCUT2D eigenvalue weighted by Gasteiger charge is 2.42. The molecule has 2 nitrogen and oxygen atoms in total. The van der Waals surface area contributed by atoms with Gasteiger partial charge in [-0.15, -0.1) is 6.42 Å². The second-order valence-electron chi connectivity index (χ2n) is 4.03. The Morgan fingerprint density at radius 3 is 2.62 bits per heavy atom. The molecule has 16 heavy (non-hydrogen) atoms. The lowest BCUT2D eigenvalue weighted by atomic mass is 9.97. The van der Waals surface area contributed by atoms with E-state index in [9.17, 15) is 0 Å². The second kappa shape index (κ2) is 4.09. The predicted octanol–water partition coefficient (Wildman–Crippen LogP) is 2.76. The molecule has 0 radical (unpaired) electrons. The first-order valence-electron chi connectivity index (χ1n) is 5.55. The summed E-state index contributed by atoms with van der Waals surface area (Å²) in [6.45, 7) is 2.59. The topological polar surface area (TPSA) is 18.5 Å². The summed E-state index contributed by atoms with van der Waals surface area (Å²) in [7, 11) is 1.65. The highest BCUT2D eigenvalue weighted by atomic mass is 16.5. The van der Waals surface area contributed by atoms with Crippen molar-refractivity contribution in [3.05, 3.63) is 23.8 Å². The van der Waals surface area contributed by atoms with Gasteiger partial charge in [-0.2, -0.15) is 0 Å². The molecule has 0 saturated heterocycles. The number of hydrogen-bond donors (Lipinski definition) is 0. The Hall–Kier alpha value is -1.62. The Kier molecular flexibility index (Phi) is 2.78. The van der Waals surface area contributed by atoms with E-state index in [2.05, 4.69) is 5.92 Å². The maximum Gasteiger partial charge on any atom is 0.161 e. The van der Waals surface area contributed by atoms with E-state index in [4.69, 9.17) is 15.9 Å². The number of benzene rings is 1. The van der Waals surface area contributed by atoms with E-state index in [0.29, 0.717) is 6.61 Å². The number of terminal acetylenes is 1. The van der Waals surface area contributed by atoms with Crippen LogP contribution in [0, 0.1) is 12.3 Å². The molecule has 1 fully saturated rings. The van der Waals surface area contributed by atoms with Crippen LogP contribution in [0.3, 0.4) is 0 Å². The quantitative estimate of drug-likeness (QED) is 0.720. The maximum atomic E-state index is 5.57.